The molecule has 0 N–H and O–H groups in total. The Morgan fingerprint density at radius 3 is 2.44 bits per heavy atom. The van der Waals surface area contributed by atoms with Gasteiger partial charge >= 0.3 is 0 Å². The van der Waals surface area contributed by atoms with Crippen molar-refractivity contribution in [3.8, 4) is 0 Å². The molecule has 0 unspecified atom stereocenters. The first-order valence-electron chi connectivity index (χ1n) is 6.72. The minimum absolute atomic E-state index is 0.132. The second kappa shape index (κ2) is 5.43. The lowest BCUT2D eigenvalue weighted by atomic mass is 9.75. The van der Waals surface area contributed by atoms with E-state index in [-0.39, 0.29) is 11.7 Å². The summed E-state index contributed by atoms with van der Waals surface area (Å²) in [6, 6.07) is 0. The number of carbonyl (C=O) groups is 1. The summed E-state index contributed by atoms with van der Waals surface area (Å²) in [7, 11) is 1.78. The minimum atomic E-state index is 0.132. The van der Waals surface area contributed by atoms with Gasteiger partial charge in [0.1, 0.15) is 5.69 Å². The van der Waals surface area contributed by atoms with Crippen LogP contribution in [0.4, 0.5) is 0 Å². The smallest absolute Gasteiger partial charge is 0.185 e. The van der Waals surface area contributed by atoms with Crippen molar-refractivity contribution in [3.63, 3.8) is 0 Å². The predicted molar refractivity (Wildman–Crippen MR) is 72.8 cm³/mol. The lowest BCUT2D eigenvalue weighted by molar-refractivity contribution is 0.0849. The molecule has 1 aromatic heterocycles. The van der Waals surface area contributed by atoms with Crippen molar-refractivity contribution >= 4 is 17.4 Å². The predicted octanol–water partition coefficient (Wildman–Crippen LogP) is 3.72. The largest absolute Gasteiger partial charge is 0.292 e. The lowest BCUT2D eigenvalue weighted by Crippen LogP contribution is -2.25. The maximum Gasteiger partial charge on any atom is 0.185 e. The summed E-state index contributed by atoms with van der Waals surface area (Å²) in [4.78, 5) is 12.4. The zero-order valence-corrected chi connectivity index (χ0v) is 12.1. The molecule has 0 radical (unpaired) electrons. The molecule has 4 heteroatoms. The summed E-state index contributed by atoms with van der Waals surface area (Å²) in [6.07, 6.45) is 5.84. The maximum atomic E-state index is 12.4. The quantitative estimate of drug-likeness (QED) is 0.783. The Kier molecular flexibility index (Phi) is 4.10. The van der Waals surface area contributed by atoms with Gasteiger partial charge in [0.05, 0.1) is 11.2 Å². The molecule has 1 heterocycles. The van der Waals surface area contributed by atoms with Crippen LogP contribution in [0.25, 0.3) is 0 Å². The first-order chi connectivity index (χ1) is 8.50. The highest BCUT2D eigenvalue weighted by Crippen LogP contribution is 2.35. The Labute approximate surface area is 114 Å². The van der Waals surface area contributed by atoms with E-state index in [1.807, 2.05) is 0 Å². The van der Waals surface area contributed by atoms with Gasteiger partial charge in [-0.2, -0.15) is 5.10 Å². The second-order valence-electron chi connectivity index (χ2n) is 5.68. The molecule has 100 valence electrons. The third kappa shape index (κ3) is 2.61. The summed E-state index contributed by atoms with van der Waals surface area (Å²) >= 11 is 6.03. The van der Waals surface area contributed by atoms with Gasteiger partial charge in [0.15, 0.2) is 5.78 Å². The van der Waals surface area contributed by atoms with Crippen molar-refractivity contribution in [1.82, 2.24) is 9.78 Å². The van der Waals surface area contributed by atoms with E-state index in [0.717, 1.165) is 37.5 Å². The number of halogens is 1. The zero-order valence-electron chi connectivity index (χ0n) is 11.3. The van der Waals surface area contributed by atoms with Crippen LogP contribution < -0.4 is 0 Å². The summed E-state index contributed by atoms with van der Waals surface area (Å²) in [5, 5.41) is 4.52. The molecule has 3 nitrogen and oxygen atoms in total. The Balaban J connectivity index is 2.04. The average molecular weight is 269 g/mol. The highest BCUT2D eigenvalue weighted by Gasteiger charge is 2.30. The van der Waals surface area contributed by atoms with Crippen LogP contribution in [0.5, 0.6) is 0 Å². The van der Waals surface area contributed by atoms with E-state index in [1.54, 1.807) is 17.9 Å². The van der Waals surface area contributed by atoms with Crippen molar-refractivity contribution in [1.29, 1.82) is 0 Å². The molecule has 0 aromatic carbocycles. The molecule has 0 saturated heterocycles. The number of carbonyl (C=O) groups excluding carboxylic acids is 1. The van der Waals surface area contributed by atoms with E-state index in [1.165, 1.54) is 0 Å². The van der Waals surface area contributed by atoms with Crippen LogP contribution in [0.1, 0.15) is 50.0 Å². The van der Waals surface area contributed by atoms with E-state index in [9.17, 15) is 4.79 Å². The van der Waals surface area contributed by atoms with E-state index in [4.69, 9.17) is 11.6 Å². The van der Waals surface area contributed by atoms with Gasteiger partial charge in [0, 0.05) is 13.0 Å². The summed E-state index contributed by atoms with van der Waals surface area (Å²) < 4.78 is 1.60. The molecule has 1 saturated carbocycles. The normalized spacial score (nSPS) is 24.5. The van der Waals surface area contributed by atoms with Crippen molar-refractivity contribution in [2.24, 2.45) is 24.8 Å². The second-order valence-corrected chi connectivity index (χ2v) is 6.09. The van der Waals surface area contributed by atoms with Gasteiger partial charge in [0.25, 0.3) is 0 Å². The number of aromatic nitrogens is 2. The molecular formula is C14H21ClN2O. The van der Waals surface area contributed by atoms with Crippen LogP contribution in [-0.4, -0.2) is 15.6 Å². The third-order valence-electron chi connectivity index (χ3n) is 4.21. The maximum absolute atomic E-state index is 12.4. The fraction of sp³-hybridized carbons (Fsp3) is 0.714. The van der Waals surface area contributed by atoms with Crippen LogP contribution in [0.2, 0.25) is 5.02 Å². The van der Waals surface area contributed by atoms with Gasteiger partial charge in [-0.05, 0) is 37.5 Å². The molecule has 0 amide bonds. The van der Waals surface area contributed by atoms with E-state index in [2.05, 4.69) is 18.9 Å². The monoisotopic (exact) mass is 268 g/mol. The van der Waals surface area contributed by atoms with E-state index < -0.39 is 0 Å². The molecule has 0 bridgehead atoms. The molecule has 1 aliphatic carbocycles. The number of rotatable bonds is 3. The number of aryl methyl sites for hydroxylation is 1. The van der Waals surface area contributed by atoms with Crippen molar-refractivity contribution in [3.05, 3.63) is 16.9 Å². The van der Waals surface area contributed by atoms with E-state index in [0.29, 0.717) is 10.7 Å². The van der Waals surface area contributed by atoms with Gasteiger partial charge < -0.3 is 0 Å². The van der Waals surface area contributed by atoms with Crippen molar-refractivity contribution in [2.75, 3.05) is 0 Å². The Morgan fingerprint density at radius 2 is 2.00 bits per heavy atom. The highest BCUT2D eigenvalue weighted by molar-refractivity contribution is 6.33. The molecule has 0 spiro atoms. The summed E-state index contributed by atoms with van der Waals surface area (Å²) in [5.74, 6) is 1.80. The number of hydrogen-bond acceptors (Lipinski definition) is 2. The van der Waals surface area contributed by atoms with Crippen LogP contribution in [0.3, 0.4) is 0 Å². The number of ketones is 1. The minimum Gasteiger partial charge on any atom is -0.292 e. The fourth-order valence-electron chi connectivity index (χ4n) is 2.93. The van der Waals surface area contributed by atoms with E-state index >= 15 is 0 Å². The lowest BCUT2D eigenvalue weighted by Gasteiger charge is -2.30. The number of nitrogens with zero attached hydrogens (tertiary/aromatic N) is 2. The summed E-state index contributed by atoms with van der Waals surface area (Å²) in [6.45, 7) is 4.54. The van der Waals surface area contributed by atoms with Gasteiger partial charge in [-0.3, -0.25) is 9.48 Å². The SMILES string of the molecule is CC(C)C1CCC(C(=O)c2c(Cl)cnn2C)CC1. The molecule has 0 aliphatic heterocycles. The molecule has 2 rings (SSSR count). The Hall–Kier alpha value is -0.830. The molecular weight excluding hydrogens is 248 g/mol. The zero-order chi connectivity index (χ0) is 13.3. The first-order valence-corrected chi connectivity index (χ1v) is 7.10. The van der Waals surface area contributed by atoms with Crippen molar-refractivity contribution < 1.29 is 4.79 Å². The van der Waals surface area contributed by atoms with Gasteiger partial charge in [-0.1, -0.05) is 25.4 Å². The molecule has 1 aliphatic rings. The van der Waals surface area contributed by atoms with Gasteiger partial charge in [-0.25, -0.2) is 0 Å². The highest BCUT2D eigenvalue weighted by atomic mass is 35.5. The molecule has 18 heavy (non-hydrogen) atoms. The van der Waals surface area contributed by atoms with Crippen LogP contribution in [0.15, 0.2) is 6.20 Å². The molecule has 1 fully saturated rings. The Morgan fingerprint density at radius 1 is 1.39 bits per heavy atom. The first kappa shape index (κ1) is 13.6. The average Bonchev–Trinajstić information content (AvgIpc) is 2.68. The molecule has 1 aromatic rings. The van der Waals surface area contributed by atoms with Crippen molar-refractivity contribution in [2.45, 2.75) is 39.5 Å². The van der Waals surface area contributed by atoms with Crippen LogP contribution >= 0.6 is 11.6 Å². The standard InChI is InChI=1S/C14H21ClN2O/c1-9(2)10-4-6-11(7-5-10)14(18)13-12(15)8-16-17(13)3/h8-11H,4-7H2,1-3H3. The van der Waals surface area contributed by atoms with Crippen LogP contribution in [-0.2, 0) is 7.05 Å². The van der Waals surface area contributed by atoms with Gasteiger partial charge in [0.2, 0.25) is 0 Å². The van der Waals surface area contributed by atoms with Crippen LogP contribution in [0, 0.1) is 17.8 Å². The summed E-state index contributed by atoms with van der Waals surface area (Å²) in [5.41, 5.74) is 0.574. The third-order valence-corrected chi connectivity index (χ3v) is 4.49. The molecule has 0 atom stereocenters. The number of hydrogen-bond donors (Lipinski definition) is 0. The number of Topliss-reactive ketones (excluding diaryl/α,β-unsaturated/α-hetero) is 1. The Bertz CT molecular complexity index is 412. The fourth-order valence-corrected chi connectivity index (χ4v) is 3.19. The van der Waals surface area contributed by atoms with Gasteiger partial charge in [-0.15, -0.1) is 0 Å². The topological polar surface area (TPSA) is 34.9 Å².